The number of carbonyl (C=O) groups is 2. The molecule has 0 heterocycles. The third kappa shape index (κ3) is 24.0. The first kappa shape index (κ1) is 52.4. The Morgan fingerprint density at radius 3 is 1.55 bits per heavy atom. The predicted molar refractivity (Wildman–Crippen MR) is 228 cm³/mol. The maximum atomic E-state index is 13.2. The van der Waals surface area contributed by atoms with Gasteiger partial charge in [-0.2, -0.15) is 37.9 Å². The largest absolute Gasteiger partial charge is 0.449 e. The van der Waals surface area contributed by atoms with Gasteiger partial charge < -0.3 is 39.1 Å². The number of rotatable bonds is 29. The molecule has 0 spiro atoms. The minimum absolute atomic E-state index is 0.0551. The number of hydrogen-bond donors (Lipinski definition) is 5. The third-order valence-corrected chi connectivity index (χ3v) is 10.7. The lowest BCUT2D eigenvalue weighted by molar-refractivity contribution is -0.0578. The van der Waals surface area contributed by atoms with Crippen molar-refractivity contribution < 1.29 is 38.0 Å². The van der Waals surface area contributed by atoms with E-state index < -0.39 is 23.0 Å². The summed E-state index contributed by atoms with van der Waals surface area (Å²) in [5.74, 6) is 2.82. The van der Waals surface area contributed by atoms with Crippen molar-refractivity contribution in [2.45, 2.75) is 126 Å². The Balaban J connectivity index is 0.0000133. The van der Waals surface area contributed by atoms with Gasteiger partial charge in [-0.15, -0.1) is 0 Å². The fourth-order valence-electron chi connectivity index (χ4n) is 6.69. The summed E-state index contributed by atoms with van der Waals surface area (Å²) in [6, 6.07) is -0.108. The average molecular weight is 813 g/mol. The van der Waals surface area contributed by atoms with Gasteiger partial charge in [0.2, 0.25) is 0 Å². The molecular weight excluding hydrogens is 733 g/mol. The highest BCUT2D eigenvalue weighted by Gasteiger charge is 2.42. The van der Waals surface area contributed by atoms with E-state index in [2.05, 4.69) is 97.0 Å². The monoisotopic (exact) mass is 813 g/mol. The van der Waals surface area contributed by atoms with E-state index in [1.165, 1.54) is 0 Å². The van der Waals surface area contributed by atoms with Gasteiger partial charge in [-0.3, -0.25) is 0 Å². The van der Waals surface area contributed by atoms with E-state index in [1.54, 1.807) is 0 Å². The second kappa shape index (κ2) is 29.6. The standard InChI is InChI=1S/C38H74N2O8S3.C2H6/c1-8-37(25-43-14-10-18-49,26-44-15-11-19-50)30-48-34(42)40-32-21-35(5,6)23-36(7,22-32)24-39-33(41)47-29-38(9-2,27-45-16-12-20-51)28-46-17-13-31(3)4;1-2/h31-32,49-51H,8-30H2,1-7H3,(H,39,41)(H,40,42);1-2H3. The van der Waals surface area contributed by atoms with Crippen LogP contribution in [0, 0.1) is 27.6 Å². The Bertz CT molecular complexity index is 936. The number of amides is 2. The molecule has 1 aliphatic carbocycles. The van der Waals surface area contributed by atoms with Crippen molar-refractivity contribution in [2.24, 2.45) is 27.6 Å². The van der Waals surface area contributed by atoms with Crippen molar-refractivity contribution in [3.8, 4) is 0 Å². The summed E-state index contributed by atoms with van der Waals surface area (Å²) in [4.78, 5) is 26.3. The highest BCUT2D eigenvalue weighted by Crippen LogP contribution is 2.46. The van der Waals surface area contributed by atoms with Gasteiger partial charge in [-0.25, -0.2) is 9.59 Å². The van der Waals surface area contributed by atoms with E-state index in [1.807, 2.05) is 13.8 Å². The zero-order valence-electron chi connectivity index (χ0n) is 35.0. The minimum Gasteiger partial charge on any atom is -0.449 e. The van der Waals surface area contributed by atoms with Crippen molar-refractivity contribution >= 4 is 50.1 Å². The van der Waals surface area contributed by atoms with Crippen LogP contribution < -0.4 is 10.6 Å². The lowest BCUT2D eigenvalue weighted by Crippen LogP contribution is -2.51. The molecule has 0 bridgehead atoms. The lowest BCUT2D eigenvalue weighted by atomic mass is 9.62. The van der Waals surface area contributed by atoms with Crippen LogP contribution >= 0.6 is 37.9 Å². The van der Waals surface area contributed by atoms with E-state index >= 15 is 0 Å². The second-order valence-electron chi connectivity index (χ2n) is 16.2. The SMILES string of the molecule is CC.CCC(COCCCS)(COCCC(C)C)COC(=O)NCC1(C)CC(NC(=O)OCC(CC)(COCCCS)COCCCS)CC(C)(C)C1. The molecule has 2 amide bonds. The molecule has 0 aromatic rings. The van der Waals surface area contributed by atoms with Crippen LogP contribution in [0.3, 0.4) is 0 Å². The van der Waals surface area contributed by atoms with Crippen LogP contribution in [0.25, 0.3) is 0 Å². The van der Waals surface area contributed by atoms with Gasteiger partial charge in [0, 0.05) is 39.0 Å². The molecule has 1 rings (SSSR count). The highest BCUT2D eigenvalue weighted by atomic mass is 32.1. The van der Waals surface area contributed by atoms with Crippen LogP contribution in [0.1, 0.15) is 120 Å². The summed E-state index contributed by atoms with van der Waals surface area (Å²) in [7, 11) is 0. The Morgan fingerprint density at radius 2 is 1.13 bits per heavy atom. The van der Waals surface area contributed by atoms with Gasteiger partial charge in [0.1, 0.15) is 13.2 Å². The molecule has 3 unspecified atom stereocenters. The minimum atomic E-state index is -0.456. The molecule has 0 saturated heterocycles. The average Bonchev–Trinajstić information content (AvgIpc) is 3.12. The van der Waals surface area contributed by atoms with Crippen LogP contribution in [-0.2, 0) is 28.4 Å². The molecule has 13 heteroatoms. The van der Waals surface area contributed by atoms with E-state index in [0.717, 1.165) is 68.6 Å². The van der Waals surface area contributed by atoms with Gasteiger partial charge in [0.05, 0.1) is 37.3 Å². The fourth-order valence-corrected chi connectivity index (χ4v) is 7.08. The van der Waals surface area contributed by atoms with Gasteiger partial charge in [0.15, 0.2) is 0 Å². The van der Waals surface area contributed by atoms with E-state index in [0.29, 0.717) is 71.7 Å². The van der Waals surface area contributed by atoms with Crippen LogP contribution in [0.2, 0.25) is 0 Å². The molecule has 1 aliphatic rings. The number of alkyl carbamates (subject to hydrolysis) is 2. The van der Waals surface area contributed by atoms with Crippen molar-refractivity contribution in [1.82, 2.24) is 10.6 Å². The lowest BCUT2D eigenvalue weighted by Gasteiger charge is -2.46. The van der Waals surface area contributed by atoms with E-state index in [9.17, 15) is 9.59 Å². The number of nitrogens with one attached hydrogen (secondary N) is 2. The van der Waals surface area contributed by atoms with E-state index in [-0.39, 0.29) is 30.1 Å². The highest BCUT2D eigenvalue weighted by molar-refractivity contribution is 7.80. The molecule has 1 fully saturated rings. The zero-order valence-corrected chi connectivity index (χ0v) is 37.7. The van der Waals surface area contributed by atoms with Crippen LogP contribution in [0.5, 0.6) is 0 Å². The van der Waals surface area contributed by atoms with Crippen LogP contribution in [-0.4, -0.2) is 108 Å². The number of ether oxygens (including phenoxy) is 6. The summed E-state index contributed by atoms with van der Waals surface area (Å²) in [6.45, 7) is 24.2. The number of hydrogen-bond acceptors (Lipinski definition) is 11. The molecule has 10 nitrogen and oxygen atoms in total. The first-order valence-corrected chi connectivity index (χ1v) is 22.1. The van der Waals surface area contributed by atoms with Crippen LogP contribution in [0.4, 0.5) is 9.59 Å². The van der Waals surface area contributed by atoms with Gasteiger partial charge >= 0.3 is 12.2 Å². The Morgan fingerprint density at radius 1 is 0.698 bits per heavy atom. The molecule has 0 aromatic carbocycles. The summed E-state index contributed by atoms with van der Waals surface area (Å²) >= 11 is 12.8. The molecule has 0 radical (unpaired) electrons. The topological polar surface area (TPSA) is 114 Å². The van der Waals surface area contributed by atoms with Gasteiger partial charge in [-0.1, -0.05) is 62.3 Å². The molecular formula is C40H80N2O8S3. The second-order valence-corrected chi connectivity index (χ2v) is 17.6. The normalized spacial score (nSPS) is 19.5. The molecule has 2 N–H and O–H groups in total. The third-order valence-electron chi connectivity index (χ3n) is 9.76. The summed E-state index contributed by atoms with van der Waals surface area (Å²) in [6.07, 6.45) is 6.54. The Hall–Kier alpha value is -0.570. The smallest absolute Gasteiger partial charge is 0.407 e. The molecule has 0 aliphatic heterocycles. The fraction of sp³-hybridized carbons (Fsp3) is 0.950. The molecule has 3 atom stereocenters. The van der Waals surface area contributed by atoms with Crippen molar-refractivity contribution in [2.75, 3.05) is 89.9 Å². The number of carbonyl (C=O) groups excluding carboxylic acids is 2. The summed E-state index contributed by atoms with van der Waals surface area (Å²) < 4.78 is 35.6. The van der Waals surface area contributed by atoms with Gasteiger partial charge in [-0.05, 0) is 91.8 Å². The molecule has 316 valence electrons. The summed E-state index contributed by atoms with van der Waals surface area (Å²) in [5.41, 5.74) is -1.18. The summed E-state index contributed by atoms with van der Waals surface area (Å²) in [5, 5.41) is 6.17. The van der Waals surface area contributed by atoms with Crippen LogP contribution in [0.15, 0.2) is 0 Å². The van der Waals surface area contributed by atoms with Crippen molar-refractivity contribution in [3.05, 3.63) is 0 Å². The zero-order chi connectivity index (χ0) is 40.2. The molecule has 1 saturated carbocycles. The maximum Gasteiger partial charge on any atom is 0.407 e. The number of thiol groups is 3. The van der Waals surface area contributed by atoms with Gasteiger partial charge in [0.25, 0.3) is 0 Å². The van der Waals surface area contributed by atoms with Crippen molar-refractivity contribution in [1.29, 1.82) is 0 Å². The first-order chi connectivity index (χ1) is 25.2. The maximum absolute atomic E-state index is 13.2. The molecule has 0 aromatic heterocycles. The van der Waals surface area contributed by atoms with E-state index in [4.69, 9.17) is 28.4 Å². The quantitative estimate of drug-likeness (QED) is 0.0376. The van der Waals surface area contributed by atoms with Crippen molar-refractivity contribution in [3.63, 3.8) is 0 Å². The Labute approximate surface area is 341 Å². The molecule has 53 heavy (non-hydrogen) atoms. The Kier molecular flexibility index (Phi) is 29.3. The predicted octanol–water partition coefficient (Wildman–Crippen LogP) is 8.92. The first-order valence-electron chi connectivity index (χ1n) is 20.2.